The van der Waals surface area contributed by atoms with Gasteiger partial charge in [0.05, 0.1) is 0 Å². The van der Waals surface area contributed by atoms with E-state index >= 15 is 0 Å². The van der Waals surface area contributed by atoms with E-state index in [1.165, 1.54) is 12.1 Å². The summed E-state index contributed by atoms with van der Waals surface area (Å²) in [7, 11) is 1.93. The van der Waals surface area contributed by atoms with Gasteiger partial charge < -0.3 is 10.3 Å². The molecule has 2 aromatic rings. The molecular weight excluding hydrogens is 225 g/mol. The van der Waals surface area contributed by atoms with Crippen LogP contribution in [-0.2, 0) is 12.8 Å². The van der Waals surface area contributed by atoms with E-state index in [1.807, 2.05) is 17.8 Å². The van der Waals surface area contributed by atoms with Gasteiger partial charge in [-0.15, -0.1) is 0 Å². The number of thioether (sulfide) groups is 1. The summed E-state index contributed by atoms with van der Waals surface area (Å²) < 4.78 is 14.8. The molecule has 0 aliphatic carbocycles. The quantitative estimate of drug-likeness (QED) is 0.658. The van der Waals surface area contributed by atoms with Gasteiger partial charge in [-0.1, -0.05) is 17.8 Å². The van der Waals surface area contributed by atoms with Crippen molar-refractivity contribution >= 4 is 17.4 Å². The van der Waals surface area contributed by atoms with E-state index in [1.54, 1.807) is 24.0 Å². The molecule has 3 nitrogen and oxygen atoms in total. The van der Waals surface area contributed by atoms with Gasteiger partial charge in [-0.05, 0) is 17.7 Å². The third kappa shape index (κ3) is 2.36. The molecule has 0 aliphatic rings. The molecule has 0 fully saturated rings. The molecule has 0 amide bonds. The molecule has 1 aromatic heterocycles. The standard InChI is InChI=1S/C11H12FN3S/c1-15-5-4-14-11(15)16-7-8-2-3-9(12)6-10(8)13/h2-6H,7,13H2,1H3. The zero-order valence-electron chi connectivity index (χ0n) is 8.85. The summed E-state index contributed by atoms with van der Waals surface area (Å²) in [6.07, 6.45) is 3.63. The van der Waals surface area contributed by atoms with Gasteiger partial charge in [0.15, 0.2) is 5.16 Å². The highest BCUT2D eigenvalue weighted by Crippen LogP contribution is 2.24. The lowest BCUT2D eigenvalue weighted by Crippen LogP contribution is -1.95. The van der Waals surface area contributed by atoms with E-state index < -0.39 is 0 Å². The molecule has 0 saturated carbocycles. The van der Waals surface area contributed by atoms with Gasteiger partial charge in [0.2, 0.25) is 0 Å². The second kappa shape index (κ2) is 4.57. The van der Waals surface area contributed by atoms with E-state index in [0.29, 0.717) is 11.4 Å². The maximum Gasteiger partial charge on any atom is 0.167 e. The molecule has 0 atom stereocenters. The molecule has 0 saturated heterocycles. The van der Waals surface area contributed by atoms with Crippen molar-refractivity contribution in [3.8, 4) is 0 Å². The summed E-state index contributed by atoms with van der Waals surface area (Å²) in [6, 6.07) is 4.47. The topological polar surface area (TPSA) is 43.8 Å². The van der Waals surface area contributed by atoms with Crippen LogP contribution < -0.4 is 5.73 Å². The summed E-state index contributed by atoms with van der Waals surface area (Å²) in [6.45, 7) is 0. The first kappa shape index (κ1) is 11.0. The van der Waals surface area contributed by atoms with Crippen molar-refractivity contribution in [1.29, 1.82) is 0 Å². The van der Waals surface area contributed by atoms with E-state index in [0.717, 1.165) is 10.7 Å². The first-order chi connectivity index (χ1) is 7.66. The molecule has 84 valence electrons. The van der Waals surface area contributed by atoms with Crippen LogP contribution in [-0.4, -0.2) is 9.55 Å². The van der Waals surface area contributed by atoms with Gasteiger partial charge in [0.1, 0.15) is 5.82 Å². The lowest BCUT2D eigenvalue weighted by atomic mass is 10.2. The molecule has 0 radical (unpaired) electrons. The number of anilines is 1. The number of hydrogen-bond donors (Lipinski definition) is 1. The summed E-state index contributed by atoms with van der Waals surface area (Å²) in [5.41, 5.74) is 7.13. The Morgan fingerprint density at radius 1 is 1.50 bits per heavy atom. The van der Waals surface area contributed by atoms with E-state index in [4.69, 9.17) is 5.73 Å². The fourth-order valence-corrected chi connectivity index (χ4v) is 2.28. The Kier molecular flexibility index (Phi) is 3.14. The minimum atomic E-state index is -0.303. The van der Waals surface area contributed by atoms with Gasteiger partial charge in [0.25, 0.3) is 0 Å². The lowest BCUT2D eigenvalue weighted by Gasteiger charge is -2.05. The van der Waals surface area contributed by atoms with Gasteiger partial charge in [-0.2, -0.15) is 0 Å². The number of hydrogen-bond acceptors (Lipinski definition) is 3. The summed E-state index contributed by atoms with van der Waals surface area (Å²) in [5.74, 6) is 0.389. The minimum Gasteiger partial charge on any atom is -0.398 e. The molecule has 0 aliphatic heterocycles. The van der Waals surface area contributed by atoms with Crippen molar-refractivity contribution in [1.82, 2.24) is 9.55 Å². The highest BCUT2D eigenvalue weighted by Gasteiger charge is 2.04. The van der Waals surface area contributed by atoms with Crippen molar-refractivity contribution in [2.45, 2.75) is 10.9 Å². The van der Waals surface area contributed by atoms with Crippen LogP contribution in [0.15, 0.2) is 35.7 Å². The predicted octanol–water partition coefficient (Wildman–Crippen LogP) is 2.43. The van der Waals surface area contributed by atoms with Crippen LogP contribution in [0.3, 0.4) is 0 Å². The summed E-state index contributed by atoms with van der Waals surface area (Å²) >= 11 is 1.58. The zero-order valence-corrected chi connectivity index (χ0v) is 9.67. The van der Waals surface area contributed by atoms with Crippen molar-refractivity contribution < 1.29 is 4.39 Å². The number of halogens is 1. The van der Waals surface area contributed by atoms with Crippen LogP contribution in [0.2, 0.25) is 0 Å². The predicted molar refractivity (Wildman–Crippen MR) is 63.6 cm³/mol. The Balaban J connectivity index is 2.08. The second-order valence-electron chi connectivity index (χ2n) is 3.45. The fraction of sp³-hybridized carbons (Fsp3) is 0.182. The Morgan fingerprint density at radius 2 is 2.31 bits per heavy atom. The molecule has 2 rings (SSSR count). The van der Waals surface area contributed by atoms with Crippen LogP contribution in [0.25, 0.3) is 0 Å². The number of rotatable bonds is 3. The van der Waals surface area contributed by atoms with Crippen LogP contribution in [0.4, 0.5) is 10.1 Å². The van der Waals surface area contributed by atoms with Crippen molar-refractivity contribution in [2.24, 2.45) is 7.05 Å². The Bertz CT molecular complexity index is 496. The van der Waals surface area contributed by atoms with Crippen molar-refractivity contribution in [3.05, 3.63) is 42.0 Å². The normalized spacial score (nSPS) is 10.6. The van der Waals surface area contributed by atoms with Crippen molar-refractivity contribution in [3.63, 3.8) is 0 Å². The first-order valence-electron chi connectivity index (χ1n) is 4.81. The van der Waals surface area contributed by atoms with Gasteiger partial charge in [-0.25, -0.2) is 9.37 Å². The van der Waals surface area contributed by atoms with E-state index in [-0.39, 0.29) is 5.82 Å². The van der Waals surface area contributed by atoms with Crippen LogP contribution in [0, 0.1) is 5.82 Å². The van der Waals surface area contributed by atoms with Crippen LogP contribution in [0.1, 0.15) is 5.56 Å². The van der Waals surface area contributed by atoms with Gasteiger partial charge >= 0.3 is 0 Å². The monoisotopic (exact) mass is 237 g/mol. The fourth-order valence-electron chi connectivity index (χ4n) is 1.33. The molecule has 0 unspecified atom stereocenters. The van der Waals surface area contributed by atoms with Gasteiger partial charge in [0, 0.05) is 30.9 Å². The van der Waals surface area contributed by atoms with Crippen LogP contribution >= 0.6 is 11.8 Å². The van der Waals surface area contributed by atoms with E-state index in [2.05, 4.69) is 4.98 Å². The number of nitrogen functional groups attached to an aromatic ring is 1. The molecule has 5 heteroatoms. The van der Waals surface area contributed by atoms with Crippen LogP contribution in [0.5, 0.6) is 0 Å². The highest BCUT2D eigenvalue weighted by molar-refractivity contribution is 7.98. The third-order valence-electron chi connectivity index (χ3n) is 2.24. The number of imidazole rings is 1. The Labute approximate surface area is 97.5 Å². The number of benzene rings is 1. The van der Waals surface area contributed by atoms with E-state index in [9.17, 15) is 4.39 Å². The number of aromatic nitrogens is 2. The molecule has 0 bridgehead atoms. The Morgan fingerprint density at radius 3 is 2.94 bits per heavy atom. The zero-order chi connectivity index (χ0) is 11.5. The average molecular weight is 237 g/mol. The molecule has 1 heterocycles. The maximum absolute atomic E-state index is 12.8. The minimum absolute atomic E-state index is 0.303. The van der Waals surface area contributed by atoms with Gasteiger partial charge in [-0.3, -0.25) is 0 Å². The highest BCUT2D eigenvalue weighted by atomic mass is 32.2. The number of nitrogens with zero attached hydrogens (tertiary/aromatic N) is 2. The number of aryl methyl sites for hydroxylation is 1. The molecule has 2 N–H and O–H groups in total. The molecule has 16 heavy (non-hydrogen) atoms. The first-order valence-corrected chi connectivity index (χ1v) is 5.79. The lowest BCUT2D eigenvalue weighted by molar-refractivity contribution is 0.628. The smallest absolute Gasteiger partial charge is 0.167 e. The second-order valence-corrected chi connectivity index (χ2v) is 4.40. The third-order valence-corrected chi connectivity index (χ3v) is 3.35. The molecular formula is C11H12FN3S. The molecule has 0 spiro atoms. The largest absolute Gasteiger partial charge is 0.398 e. The average Bonchev–Trinajstić information content (AvgIpc) is 2.63. The van der Waals surface area contributed by atoms with Crippen molar-refractivity contribution in [2.75, 3.05) is 5.73 Å². The summed E-state index contributed by atoms with van der Waals surface area (Å²) in [4.78, 5) is 4.19. The molecule has 1 aromatic carbocycles. The number of nitrogens with two attached hydrogens (primary N) is 1. The Hall–Kier alpha value is -1.49. The SMILES string of the molecule is Cn1ccnc1SCc1ccc(F)cc1N. The maximum atomic E-state index is 12.8. The summed E-state index contributed by atoms with van der Waals surface area (Å²) in [5, 5.41) is 0.920.